The predicted molar refractivity (Wildman–Crippen MR) is 68.9 cm³/mol. The van der Waals surface area contributed by atoms with Gasteiger partial charge in [-0.25, -0.2) is 4.39 Å². The molecule has 1 aliphatic carbocycles. The highest BCUT2D eigenvalue weighted by Crippen LogP contribution is 2.37. The number of rotatable bonds is 1. The van der Waals surface area contributed by atoms with Crippen LogP contribution < -0.4 is 5.32 Å². The molecular formula is C15H20FNO. The van der Waals surface area contributed by atoms with E-state index in [4.69, 9.17) is 4.74 Å². The standard InChI is InChI=1S/C15H20FNO/c1-11-14(12-6-2-3-7-13(12)16)18-10-15(17-11)8-4-5-9-15/h2-3,6-7,11,14,17H,4-5,8-10H2,1H3. The van der Waals surface area contributed by atoms with E-state index in [-0.39, 0.29) is 23.5 Å². The quantitative estimate of drug-likeness (QED) is 0.825. The van der Waals surface area contributed by atoms with Gasteiger partial charge in [-0.2, -0.15) is 0 Å². The third kappa shape index (κ3) is 2.06. The van der Waals surface area contributed by atoms with E-state index in [2.05, 4.69) is 12.2 Å². The SMILES string of the molecule is CC1NC2(CCCC2)COC1c1ccccc1F. The van der Waals surface area contributed by atoms with Gasteiger partial charge in [-0.05, 0) is 25.8 Å². The summed E-state index contributed by atoms with van der Waals surface area (Å²) in [6, 6.07) is 7.08. The number of benzene rings is 1. The molecule has 1 aromatic carbocycles. The number of ether oxygens (including phenoxy) is 1. The van der Waals surface area contributed by atoms with E-state index >= 15 is 0 Å². The van der Waals surface area contributed by atoms with Crippen LogP contribution in [0.4, 0.5) is 4.39 Å². The monoisotopic (exact) mass is 249 g/mol. The molecule has 2 atom stereocenters. The number of halogens is 1. The Bertz CT molecular complexity index is 428. The molecule has 0 bridgehead atoms. The molecule has 1 N–H and O–H groups in total. The van der Waals surface area contributed by atoms with Gasteiger partial charge in [0, 0.05) is 17.1 Å². The van der Waals surface area contributed by atoms with Crippen molar-refractivity contribution >= 4 is 0 Å². The summed E-state index contributed by atoms with van der Waals surface area (Å²) in [5.41, 5.74) is 0.826. The third-order valence-electron chi connectivity index (χ3n) is 4.30. The van der Waals surface area contributed by atoms with Crippen LogP contribution in [0.25, 0.3) is 0 Å². The van der Waals surface area contributed by atoms with E-state index < -0.39 is 0 Å². The highest BCUT2D eigenvalue weighted by Gasteiger charge is 2.42. The van der Waals surface area contributed by atoms with Crippen molar-refractivity contribution in [1.29, 1.82) is 0 Å². The molecule has 2 aliphatic rings. The molecule has 98 valence electrons. The lowest BCUT2D eigenvalue weighted by Crippen LogP contribution is -2.57. The van der Waals surface area contributed by atoms with E-state index in [1.807, 2.05) is 12.1 Å². The van der Waals surface area contributed by atoms with Crippen LogP contribution in [0.1, 0.15) is 44.3 Å². The molecule has 1 aliphatic heterocycles. The summed E-state index contributed by atoms with van der Waals surface area (Å²) in [6.45, 7) is 2.80. The highest BCUT2D eigenvalue weighted by atomic mass is 19.1. The van der Waals surface area contributed by atoms with Crippen LogP contribution in [0.3, 0.4) is 0 Å². The van der Waals surface area contributed by atoms with Crippen molar-refractivity contribution in [1.82, 2.24) is 5.32 Å². The topological polar surface area (TPSA) is 21.3 Å². The fourth-order valence-corrected chi connectivity index (χ4v) is 3.40. The first kappa shape index (κ1) is 12.1. The van der Waals surface area contributed by atoms with Crippen molar-refractivity contribution in [3.05, 3.63) is 35.6 Å². The number of nitrogens with one attached hydrogen (secondary N) is 1. The van der Waals surface area contributed by atoms with E-state index in [9.17, 15) is 4.39 Å². The molecule has 2 nitrogen and oxygen atoms in total. The Hall–Kier alpha value is -0.930. The molecule has 3 rings (SSSR count). The van der Waals surface area contributed by atoms with E-state index in [0.29, 0.717) is 12.2 Å². The van der Waals surface area contributed by atoms with Crippen LogP contribution in [0.2, 0.25) is 0 Å². The summed E-state index contributed by atoms with van der Waals surface area (Å²) in [6.07, 6.45) is 4.74. The maximum Gasteiger partial charge on any atom is 0.129 e. The Morgan fingerprint density at radius 3 is 2.67 bits per heavy atom. The molecule has 1 saturated heterocycles. The first-order valence-corrected chi connectivity index (χ1v) is 6.84. The molecule has 0 aromatic heterocycles. The van der Waals surface area contributed by atoms with Gasteiger partial charge in [0.25, 0.3) is 0 Å². The summed E-state index contributed by atoms with van der Waals surface area (Å²) in [5.74, 6) is -0.168. The summed E-state index contributed by atoms with van der Waals surface area (Å²) in [4.78, 5) is 0. The van der Waals surface area contributed by atoms with Crippen molar-refractivity contribution in [2.45, 2.75) is 50.3 Å². The molecule has 1 heterocycles. The Labute approximate surface area is 108 Å². The molecule has 1 spiro atoms. The van der Waals surface area contributed by atoms with Crippen LogP contribution in [0.15, 0.2) is 24.3 Å². The van der Waals surface area contributed by atoms with Crippen molar-refractivity contribution in [3.63, 3.8) is 0 Å². The van der Waals surface area contributed by atoms with Crippen LogP contribution in [-0.4, -0.2) is 18.2 Å². The summed E-state index contributed by atoms with van der Waals surface area (Å²) >= 11 is 0. The molecule has 1 aromatic rings. The van der Waals surface area contributed by atoms with E-state index in [0.717, 1.165) is 0 Å². The molecule has 0 radical (unpaired) electrons. The van der Waals surface area contributed by atoms with Gasteiger partial charge in [-0.1, -0.05) is 31.0 Å². The van der Waals surface area contributed by atoms with Gasteiger partial charge >= 0.3 is 0 Å². The maximum atomic E-state index is 13.8. The molecule has 3 heteroatoms. The van der Waals surface area contributed by atoms with Crippen LogP contribution in [0, 0.1) is 5.82 Å². The third-order valence-corrected chi connectivity index (χ3v) is 4.30. The fraction of sp³-hybridized carbons (Fsp3) is 0.600. The first-order valence-electron chi connectivity index (χ1n) is 6.84. The van der Waals surface area contributed by atoms with Gasteiger partial charge in [0.2, 0.25) is 0 Å². The zero-order valence-corrected chi connectivity index (χ0v) is 10.8. The molecule has 0 amide bonds. The predicted octanol–water partition coefficient (Wildman–Crippen LogP) is 3.19. The van der Waals surface area contributed by atoms with Crippen molar-refractivity contribution in [2.75, 3.05) is 6.61 Å². The average molecular weight is 249 g/mol. The normalized spacial score (nSPS) is 30.8. The lowest BCUT2D eigenvalue weighted by Gasteiger charge is -2.43. The Balaban J connectivity index is 1.79. The lowest BCUT2D eigenvalue weighted by atomic mass is 9.91. The van der Waals surface area contributed by atoms with Crippen LogP contribution in [0.5, 0.6) is 0 Å². The summed E-state index contributed by atoms with van der Waals surface area (Å²) < 4.78 is 19.8. The van der Waals surface area contributed by atoms with E-state index in [1.165, 1.54) is 31.7 Å². The molecule has 1 saturated carbocycles. The van der Waals surface area contributed by atoms with Gasteiger partial charge in [-0.15, -0.1) is 0 Å². The van der Waals surface area contributed by atoms with Crippen molar-refractivity contribution in [3.8, 4) is 0 Å². The number of morpholine rings is 1. The van der Waals surface area contributed by atoms with Gasteiger partial charge < -0.3 is 10.1 Å². The Morgan fingerprint density at radius 2 is 2.00 bits per heavy atom. The van der Waals surface area contributed by atoms with Gasteiger partial charge in [0.05, 0.1) is 6.61 Å². The fourth-order valence-electron chi connectivity index (χ4n) is 3.40. The van der Waals surface area contributed by atoms with E-state index in [1.54, 1.807) is 6.07 Å². The Morgan fingerprint density at radius 1 is 1.28 bits per heavy atom. The minimum Gasteiger partial charge on any atom is -0.370 e. The molecule has 2 unspecified atom stereocenters. The van der Waals surface area contributed by atoms with Gasteiger partial charge in [0.15, 0.2) is 0 Å². The number of hydrogen-bond acceptors (Lipinski definition) is 2. The number of hydrogen-bond donors (Lipinski definition) is 1. The Kier molecular flexibility index (Phi) is 3.12. The zero-order chi connectivity index (χ0) is 12.6. The minimum atomic E-state index is -0.169. The van der Waals surface area contributed by atoms with Crippen LogP contribution >= 0.6 is 0 Å². The largest absolute Gasteiger partial charge is 0.370 e. The molecule has 18 heavy (non-hydrogen) atoms. The average Bonchev–Trinajstić information content (AvgIpc) is 2.79. The van der Waals surface area contributed by atoms with Gasteiger partial charge in [-0.3, -0.25) is 0 Å². The lowest BCUT2D eigenvalue weighted by molar-refractivity contribution is -0.0601. The van der Waals surface area contributed by atoms with Crippen LogP contribution in [-0.2, 0) is 4.74 Å². The highest BCUT2D eigenvalue weighted by molar-refractivity contribution is 5.22. The minimum absolute atomic E-state index is 0.154. The second-order valence-electron chi connectivity index (χ2n) is 5.67. The summed E-state index contributed by atoms with van der Waals surface area (Å²) in [5, 5.41) is 3.68. The second kappa shape index (κ2) is 4.63. The molecular weight excluding hydrogens is 229 g/mol. The summed E-state index contributed by atoms with van der Waals surface area (Å²) in [7, 11) is 0. The zero-order valence-electron chi connectivity index (χ0n) is 10.8. The maximum absolute atomic E-state index is 13.8. The second-order valence-corrected chi connectivity index (χ2v) is 5.67. The van der Waals surface area contributed by atoms with Crippen molar-refractivity contribution in [2.24, 2.45) is 0 Å². The first-order chi connectivity index (χ1) is 8.70. The molecule has 2 fully saturated rings. The van der Waals surface area contributed by atoms with Gasteiger partial charge in [0.1, 0.15) is 11.9 Å². The smallest absolute Gasteiger partial charge is 0.129 e. The van der Waals surface area contributed by atoms with Crippen molar-refractivity contribution < 1.29 is 9.13 Å².